The largest absolute Gasteiger partial charge is 0.495 e. The fourth-order valence-corrected chi connectivity index (χ4v) is 3.63. The summed E-state index contributed by atoms with van der Waals surface area (Å²) < 4.78 is 7.41. The monoisotopic (exact) mass is 453 g/mol. The minimum absolute atomic E-state index is 0.293. The highest BCUT2D eigenvalue weighted by molar-refractivity contribution is 6.34. The van der Waals surface area contributed by atoms with Crippen LogP contribution in [0.5, 0.6) is 5.75 Å². The molecule has 0 aliphatic carbocycles. The average Bonchev–Trinajstić information content (AvgIpc) is 3.05. The van der Waals surface area contributed by atoms with Crippen LogP contribution in [0.15, 0.2) is 47.5 Å². The van der Waals surface area contributed by atoms with Crippen LogP contribution in [0.25, 0.3) is 0 Å². The predicted molar refractivity (Wildman–Crippen MR) is 129 cm³/mol. The third kappa shape index (κ3) is 5.29. The van der Waals surface area contributed by atoms with Gasteiger partial charge in [0.1, 0.15) is 5.75 Å². The maximum Gasteiger partial charge on any atom is 0.259 e. The summed E-state index contributed by atoms with van der Waals surface area (Å²) in [6.07, 6.45) is 0. The first kappa shape index (κ1) is 23.3. The maximum absolute atomic E-state index is 12.9. The highest BCUT2D eigenvalue weighted by Crippen LogP contribution is 2.25. The van der Waals surface area contributed by atoms with Gasteiger partial charge >= 0.3 is 0 Å². The number of aliphatic imine (C=N–C) groups is 1. The van der Waals surface area contributed by atoms with Crippen molar-refractivity contribution in [3.63, 3.8) is 0 Å². The van der Waals surface area contributed by atoms with E-state index in [2.05, 4.69) is 20.7 Å². The van der Waals surface area contributed by atoms with Crippen LogP contribution in [0.3, 0.4) is 0 Å². The number of hydrogen-bond acceptors (Lipinski definition) is 4. The molecule has 168 valence electrons. The molecule has 0 spiro atoms. The molecule has 3 rings (SSSR count). The summed E-state index contributed by atoms with van der Waals surface area (Å²) in [5, 5.41) is 11.0. The van der Waals surface area contributed by atoms with E-state index in [1.54, 1.807) is 31.4 Å². The molecule has 1 aromatic heterocycles. The molecule has 2 N–H and O–H groups in total. The fraction of sp³-hybridized carbons (Fsp3) is 0.292. The standard InChI is InChI=1S/C24H28ClN5O2/c1-6-30-17(4)19(16(3)29-30)14-26-24(27-21-13-15(2)11-12-22(21)32-5)28-23(31)18-9-7-8-10-20(18)25/h7-13H,6,14H2,1-5H3,(H2,26,27,28,31). The topological polar surface area (TPSA) is 80.5 Å². The number of hydrogen-bond donors (Lipinski definition) is 2. The minimum atomic E-state index is -0.355. The number of nitrogens with zero attached hydrogens (tertiary/aromatic N) is 3. The van der Waals surface area contributed by atoms with Crippen LogP contribution in [0.2, 0.25) is 5.02 Å². The number of benzene rings is 2. The van der Waals surface area contributed by atoms with Gasteiger partial charge in [-0.1, -0.05) is 29.8 Å². The number of carbonyl (C=O) groups is 1. The number of carbonyl (C=O) groups excluding carboxylic acids is 1. The molecule has 0 atom stereocenters. The van der Waals surface area contributed by atoms with Gasteiger partial charge < -0.3 is 10.1 Å². The number of aromatic nitrogens is 2. The Bertz CT molecular complexity index is 1150. The van der Waals surface area contributed by atoms with E-state index in [0.717, 1.165) is 29.1 Å². The summed E-state index contributed by atoms with van der Waals surface area (Å²) in [5.74, 6) is 0.578. The van der Waals surface area contributed by atoms with Crippen molar-refractivity contribution in [2.45, 2.75) is 40.8 Å². The number of halogens is 1. The highest BCUT2D eigenvalue weighted by Gasteiger charge is 2.15. The van der Waals surface area contributed by atoms with E-state index in [0.29, 0.717) is 34.5 Å². The second-order valence-corrected chi connectivity index (χ2v) is 7.80. The summed E-state index contributed by atoms with van der Waals surface area (Å²) in [6.45, 7) is 9.15. The normalized spacial score (nSPS) is 11.4. The zero-order chi connectivity index (χ0) is 23.3. The van der Waals surface area contributed by atoms with Crippen molar-refractivity contribution in [3.05, 3.63) is 75.6 Å². The van der Waals surface area contributed by atoms with E-state index in [4.69, 9.17) is 16.3 Å². The van der Waals surface area contributed by atoms with Gasteiger partial charge in [-0.3, -0.25) is 14.8 Å². The van der Waals surface area contributed by atoms with Crippen LogP contribution in [-0.2, 0) is 13.1 Å². The smallest absolute Gasteiger partial charge is 0.259 e. The van der Waals surface area contributed by atoms with Crippen LogP contribution in [0, 0.1) is 20.8 Å². The molecule has 32 heavy (non-hydrogen) atoms. The van der Waals surface area contributed by atoms with E-state index in [9.17, 15) is 4.79 Å². The highest BCUT2D eigenvalue weighted by atomic mass is 35.5. The van der Waals surface area contributed by atoms with Crippen molar-refractivity contribution < 1.29 is 9.53 Å². The van der Waals surface area contributed by atoms with Gasteiger partial charge in [-0.05, 0) is 57.5 Å². The Labute approximate surface area is 193 Å². The lowest BCUT2D eigenvalue weighted by molar-refractivity contribution is 0.0977. The van der Waals surface area contributed by atoms with Crippen molar-refractivity contribution >= 4 is 29.2 Å². The third-order valence-electron chi connectivity index (χ3n) is 5.18. The molecule has 0 saturated heterocycles. The molecular formula is C24H28ClN5O2. The number of guanidine groups is 1. The fourth-order valence-electron chi connectivity index (χ4n) is 3.41. The van der Waals surface area contributed by atoms with E-state index in [1.807, 2.05) is 50.6 Å². The van der Waals surface area contributed by atoms with Crippen molar-refractivity contribution in [1.29, 1.82) is 0 Å². The lowest BCUT2D eigenvalue weighted by Crippen LogP contribution is -2.36. The summed E-state index contributed by atoms with van der Waals surface area (Å²) in [7, 11) is 1.60. The van der Waals surface area contributed by atoms with Gasteiger partial charge in [0.2, 0.25) is 5.96 Å². The summed E-state index contributed by atoms with van der Waals surface area (Å²) in [5.41, 5.74) is 5.10. The van der Waals surface area contributed by atoms with Gasteiger partial charge in [-0.15, -0.1) is 0 Å². The molecule has 0 bridgehead atoms. The Balaban J connectivity index is 1.95. The van der Waals surface area contributed by atoms with E-state index >= 15 is 0 Å². The summed E-state index contributed by atoms with van der Waals surface area (Å²) in [6, 6.07) is 12.6. The molecule has 8 heteroatoms. The Morgan fingerprint density at radius 2 is 1.94 bits per heavy atom. The first-order valence-corrected chi connectivity index (χ1v) is 10.8. The second-order valence-electron chi connectivity index (χ2n) is 7.39. The Morgan fingerprint density at radius 1 is 1.19 bits per heavy atom. The molecular weight excluding hydrogens is 426 g/mol. The van der Waals surface area contributed by atoms with Gasteiger partial charge in [0.05, 0.1) is 35.6 Å². The zero-order valence-electron chi connectivity index (χ0n) is 19.0. The van der Waals surface area contributed by atoms with E-state index in [1.165, 1.54) is 0 Å². The first-order chi connectivity index (χ1) is 15.3. The number of rotatable bonds is 6. The number of aryl methyl sites for hydroxylation is 3. The van der Waals surface area contributed by atoms with Gasteiger partial charge in [-0.25, -0.2) is 4.99 Å². The molecule has 0 fully saturated rings. The van der Waals surface area contributed by atoms with Crippen molar-refractivity contribution in [1.82, 2.24) is 15.1 Å². The minimum Gasteiger partial charge on any atom is -0.495 e. The van der Waals surface area contributed by atoms with Crippen LogP contribution in [0.1, 0.15) is 39.8 Å². The Hall–Kier alpha value is -3.32. The first-order valence-electron chi connectivity index (χ1n) is 10.4. The quantitative estimate of drug-likeness (QED) is 0.411. The lowest BCUT2D eigenvalue weighted by Gasteiger charge is -2.15. The van der Waals surface area contributed by atoms with Gasteiger partial charge in [0.15, 0.2) is 0 Å². The van der Waals surface area contributed by atoms with Crippen LogP contribution in [0.4, 0.5) is 5.69 Å². The molecule has 0 aliphatic heterocycles. The molecule has 0 saturated carbocycles. The van der Waals surface area contributed by atoms with Crippen LogP contribution < -0.4 is 15.4 Å². The number of anilines is 1. The van der Waals surface area contributed by atoms with Crippen molar-refractivity contribution in [2.75, 3.05) is 12.4 Å². The molecule has 3 aromatic rings. The molecule has 0 aliphatic rings. The molecule has 0 unspecified atom stereocenters. The average molecular weight is 454 g/mol. The number of methoxy groups -OCH3 is 1. The van der Waals surface area contributed by atoms with E-state index in [-0.39, 0.29) is 5.91 Å². The van der Waals surface area contributed by atoms with Crippen molar-refractivity contribution in [2.24, 2.45) is 4.99 Å². The predicted octanol–water partition coefficient (Wildman–Crippen LogP) is 4.89. The Kier molecular flexibility index (Phi) is 7.53. The van der Waals surface area contributed by atoms with E-state index < -0.39 is 0 Å². The lowest BCUT2D eigenvalue weighted by atomic mass is 10.2. The summed E-state index contributed by atoms with van der Waals surface area (Å²) >= 11 is 6.21. The second kappa shape index (κ2) is 10.3. The summed E-state index contributed by atoms with van der Waals surface area (Å²) in [4.78, 5) is 17.6. The molecule has 2 aromatic carbocycles. The van der Waals surface area contributed by atoms with Gasteiger partial charge in [-0.2, -0.15) is 5.10 Å². The number of nitrogens with one attached hydrogen (secondary N) is 2. The molecule has 1 amide bonds. The van der Waals surface area contributed by atoms with Gasteiger partial charge in [0.25, 0.3) is 5.91 Å². The maximum atomic E-state index is 12.9. The SMILES string of the molecule is CCn1nc(C)c(CN=C(NC(=O)c2ccccc2Cl)Nc2cc(C)ccc2OC)c1C. The number of ether oxygens (including phenoxy) is 1. The third-order valence-corrected chi connectivity index (χ3v) is 5.51. The van der Waals surface area contributed by atoms with Gasteiger partial charge in [0, 0.05) is 17.8 Å². The number of amides is 1. The Morgan fingerprint density at radius 3 is 2.59 bits per heavy atom. The van der Waals surface area contributed by atoms with Crippen LogP contribution >= 0.6 is 11.6 Å². The van der Waals surface area contributed by atoms with Crippen LogP contribution in [-0.4, -0.2) is 28.8 Å². The molecule has 0 radical (unpaired) electrons. The molecule has 1 heterocycles. The zero-order valence-corrected chi connectivity index (χ0v) is 19.7. The molecule has 7 nitrogen and oxygen atoms in total. The van der Waals surface area contributed by atoms with Crippen molar-refractivity contribution in [3.8, 4) is 5.75 Å².